The molecule has 33 heavy (non-hydrogen) atoms. The SMILES string of the molecule is CCC(C)C(NC(=O)C(Cc1cnc[nH]1)NC(=O)C(Cc1cnc[nH]1)NC(=O)CN)C(=O)O. The predicted octanol–water partition coefficient (Wildman–Crippen LogP) is -1.54. The zero-order valence-corrected chi connectivity index (χ0v) is 18.5. The van der Waals surface area contributed by atoms with Crippen LogP contribution in [0, 0.1) is 5.92 Å². The van der Waals surface area contributed by atoms with Crippen LogP contribution in [0.4, 0.5) is 0 Å². The Morgan fingerprint density at radius 1 is 0.970 bits per heavy atom. The van der Waals surface area contributed by atoms with E-state index in [1.165, 1.54) is 25.0 Å². The van der Waals surface area contributed by atoms with Crippen molar-refractivity contribution in [3.8, 4) is 0 Å². The minimum Gasteiger partial charge on any atom is -0.480 e. The second-order valence-electron chi connectivity index (χ2n) is 7.66. The number of aliphatic carboxylic acids is 1. The lowest BCUT2D eigenvalue weighted by molar-refractivity contribution is -0.143. The van der Waals surface area contributed by atoms with Gasteiger partial charge in [0, 0.05) is 36.6 Å². The summed E-state index contributed by atoms with van der Waals surface area (Å²) >= 11 is 0. The smallest absolute Gasteiger partial charge is 0.326 e. The number of carbonyl (C=O) groups is 4. The second-order valence-corrected chi connectivity index (χ2v) is 7.66. The lowest BCUT2D eigenvalue weighted by atomic mass is 9.98. The largest absolute Gasteiger partial charge is 0.480 e. The summed E-state index contributed by atoms with van der Waals surface area (Å²) in [6.07, 6.45) is 6.51. The second kappa shape index (κ2) is 12.3. The van der Waals surface area contributed by atoms with Gasteiger partial charge in [0.05, 0.1) is 19.2 Å². The zero-order chi connectivity index (χ0) is 24.4. The van der Waals surface area contributed by atoms with Gasteiger partial charge in [-0.05, 0) is 5.92 Å². The summed E-state index contributed by atoms with van der Waals surface area (Å²) in [6.45, 7) is 3.21. The summed E-state index contributed by atoms with van der Waals surface area (Å²) in [5.74, 6) is -3.35. The van der Waals surface area contributed by atoms with Gasteiger partial charge in [0.25, 0.3) is 0 Å². The quantitative estimate of drug-likeness (QED) is 0.185. The van der Waals surface area contributed by atoms with Crippen LogP contribution in [0.2, 0.25) is 0 Å². The molecule has 0 aliphatic carbocycles. The number of carbonyl (C=O) groups excluding carboxylic acids is 3. The van der Waals surface area contributed by atoms with Crippen LogP contribution >= 0.6 is 0 Å². The van der Waals surface area contributed by atoms with Crippen LogP contribution in [0.5, 0.6) is 0 Å². The number of nitrogens with zero attached hydrogens (tertiary/aromatic N) is 2. The topological polar surface area (TPSA) is 208 Å². The van der Waals surface area contributed by atoms with Gasteiger partial charge in [-0.1, -0.05) is 20.3 Å². The molecular formula is C20H30N8O5. The molecule has 2 rings (SSSR count). The summed E-state index contributed by atoms with van der Waals surface area (Å²) in [5, 5.41) is 17.2. The number of aromatic amines is 2. The van der Waals surface area contributed by atoms with Crippen LogP contribution in [0.15, 0.2) is 25.0 Å². The van der Waals surface area contributed by atoms with Crippen molar-refractivity contribution in [2.75, 3.05) is 6.54 Å². The maximum absolute atomic E-state index is 13.1. The molecule has 0 fully saturated rings. The fourth-order valence-corrected chi connectivity index (χ4v) is 3.11. The number of nitrogens with two attached hydrogens (primary N) is 1. The molecule has 0 aliphatic heterocycles. The normalized spacial score (nSPS) is 14.5. The fraction of sp³-hybridized carbons (Fsp3) is 0.500. The van der Waals surface area contributed by atoms with E-state index in [2.05, 4.69) is 35.9 Å². The Bertz CT molecular complexity index is 915. The van der Waals surface area contributed by atoms with Crippen LogP contribution in [0.25, 0.3) is 0 Å². The molecule has 4 unspecified atom stereocenters. The van der Waals surface area contributed by atoms with E-state index in [4.69, 9.17) is 5.73 Å². The monoisotopic (exact) mass is 462 g/mol. The molecule has 0 bridgehead atoms. The molecule has 4 atom stereocenters. The van der Waals surface area contributed by atoms with Crippen molar-refractivity contribution in [1.29, 1.82) is 0 Å². The summed E-state index contributed by atoms with van der Waals surface area (Å²) < 4.78 is 0. The van der Waals surface area contributed by atoms with Gasteiger partial charge in [-0.2, -0.15) is 0 Å². The number of hydrogen-bond acceptors (Lipinski definition) is 7. The van der Waals surface area contributed by atoms with Gasteiger partial charge in [-0.3, -0.25) is 14.4 Å². The molecule has 0 spiro atoms. The summed E-state index contributed by atoms with van der Waals surface area (Å²) in [7, 11) is 0. The van der Waals surface area contributed by atoms with E-state index < -0.39 is 41.8 Å². The van der Waals surface area contributed by atoms with Crippen molar-refractivity contribution < 1.29 is 24.3 Å². The lowest BCUT2D eigenvalue weighted by Crippen LogP contribution is -2.58. The number of H-pyrrole nitrogens is 2. The molecule has 3 amide bonds. The van der Waals surface area contributed by atoms with Gasteiger partial charge in [0.2, 0.25) is 17.7 Å². The molecule has 2 heterocycles. The lowest BCUT2D eigenvalue weighted by Gasteiger charge is -2.26. The van der Waals surface area contributed by atoms with Crippen LogP contribution in [0.1, 0.15) is 31.7 Å². The van der Waals surface area contributed by atoms with E-state index in [0.29, 0.717) is 17.8 Å². The van der Waals surface area contributed by atoms with Crippen LogP contribution in [-0.4, -0.2) is 73.4 Å². The number of rotatable bonds is 13. The highest BCUT2D eigenvalue weighted by Crippen LogP contribution is 2.09. The Balaban J connectivity index is 2.21. The molecule has 2 aromatic heterocycles. The third-order valence-corrected chi connectivity index (χ3v) is 5.20. The maximum atomic E-state index is 13.1. The van der Waals surface area contributed by atoms with Crippen molar-refractivity contribution in [2.45, 2.75) is 51.2 Å². The van der Waals surface area contributed by atoms with Crippen molar-refractivity contribution >= 4 is 23.7 Å². The van der Waals surface area contributed by atoms with Crippen molar-refractivity contribution in [2.24, 2.45) is 11.7 Å². The van der Waals surface area contributed by atoms with E-state index in [0.717, 1.165) is 0 Å². The predicted molar refractivity (Wildman–Crippen MR) is 117 cm³/mol. The van der Waals surface area contributed by atoms with E-state index in [1.807, 2.05) is 6.92 Å². The van der Waals surface area contributed by atoms with Gasteiger partial charge in [0.1, 0.15) is 18.1 Å². The van der Waals surface area contributed by atoms with Crippen molar-refractivity contribution in [3.63, 3.8) is 0 Å². The van der Waals surface area contributed by atoms with Gasteiger partial charge < -0.3 is 36.8 Å². The number of carboxylic acids is 1. The van der Waals surface area contributed by atoms with E-state index in [-0.39, 0.29) is 25.3 Å². The minimum absolute atomic E-state index is 0.0338. The molecule has 0 saturated carbocycles. The molecule has 13 heteroatoms. The Morgan fingerprint density at radius 2 is 1.48 bits per heavy atom. The molecule has 13 nitrogen and oxygen atoms in total. The summed E-state index contributed by atoms with van der Waals surface area (Å²) in [4.78, 5) is 63.1. The van der Waals surface area contributed by atoms with Gasteiger partial charge >= 0.3 is 5.97 Å². The van der Waals surface area contributed by atoms with Crippen LogP contribution < -0.4 is 21.7 Å². The first-order chi connectivity index (χ1) is 15.7. The fourth-order valence-electron chi connectivity index (χ4n) is 3.11. The highest BCUT2D eigenvalue weighted by molar-refractivity contribution is 5.93. The Kier molecular flexibility index (Phi) is 9.54. The summed E-state index contributed by atoms with van der Waals surface area (Å²) in [6, 6.07) is -3.28. The number of hydrogen-bond donors (Lipinski definition) is 7. The zero-order valence-electron chi connectivity index (χ0n) is 18.5. The number of nitrogens with one attached hydrogen (secondary N) is 5. The molecule has 0 radical (unpaired) electrons. The number of imidazole rings is 2. The minimum atomic E-state index is -1.17. The third kappa shape index (κ3) is 7.71. The average Bonchev–Trinajstić information content (AvgIpc) is 3.49. The molecule has 2 aromatic rings. The van der Waals surface area contributed by atoms with E-state index in [9.17, 15) is 24.3 Å². The van der Waals surface area contributed by atoms with Crippen LogP contribution in [0.3, 0.4) is 0 Å². The third-order valence-electron chi connectivity index (χ3n) is 5.20. The number of aromatic nitrogens is 4. The van der Waals surface area contributed by atoms with Gasteiger partial charge in [0.15, 0.2) is 0 Å². The molecular weight excluding hydrogens is 432 g/mol. The molecule has 8 N–H and O–H groups in total. The maximum Gasteiger partial charge on any atom is 0.326 e. The van der Waals surface area contributed by atoms with Gasteiger partial charge in [-0.15, -0.1) is 0 Å². The van der Waals surface area contributed by atoms with Crippen molar-refractivity contribution in [3.05, 3.63) is 36.4 Å². The Labute approximate surface area is 190 Å². The first-order valence-corrected chi connectivity index (χ1v) is 10.5. The first kappa shape index (κ1) is 25.5. The van der Waals surface area contributed by atoms with E-state index >= 15 is 0 Å². The standard InChI is InChI=1S/C20H30N8O5/c1-3-11(2)17(20(32)33)28-19(31)15(5-13-8-23-10-25-13)27-18(30)14(26-16(29)6-21)4-12-7-22-9-24-12/h7-11,14-15,17H,3-6,21H2,1-2H3,(H,22,24)(H,23,25)(H,26,29)(H,27,30)(H,28,31)(H,32,33). The molecule has 180 valence electrons. The highest BCUT2D eigenvalue weighted by atomic mass is 16.4. The van der Waals surface area contributed by atoms with Crippen molar-refractivity contribution in [1.82, 2.24) is 35.9 Å². The highest BCUT2D eigenvalue weighted by Gasteiger charge is 2.32. The van der Waals surface area contributed by atoms with Gasteiger partial charge in [-0.25, -0.2) is 14.8 Å². The summed E-state index contributed by atoms with van der Waals surface area (Å²) in [5.41, 5.74) is 6.51. The number of amides is 3. The number of carboxylic acid groups (broad SMARTS) is 1. The molecule has 0 aliphatic rings. The van der Waals surface area contributed by atoms with Crippen LogP contribution in [-0.2, 0) is 32.0 Å². The first-order valence-electron chi connectivity index (χ1n) is 10.5. The molecule has 0 saturated heterocycles. The van der Waals surface area contributed by atoms with E-state index in [1.54, 1.807) is 6.92 Å². The molecule has 0 aromatic carbocycles. The Morgan fingerprint density at radius 3 is 1.91 bits per heavy atom. The Hall–Kier alpha value is -3.74. The average molecular weight is 463 g/mol.